The van der Waals surface area contributed by atoms with Crippen LogP contribution >= 0.6 is 11.8 Å². The summed E-state index contributed by atoms with van der Waals surface area (Å²) in [7, 11) is 1.85. The lowest BCUT2D eigenvalue weighted by molar-refractivity contribution is -0.115. The predicted octanol–water partition coefficient (Wildman–Crippen LogP) is 2.12. The highest BCUT2D eigenvalue weighted by Crippen LogP contribution is 2.23. The zero-order valence-corrected chi connectivity index (χ0v) is 11.6. The average molecular weight is 276 g/mol. The van der Waals surface area contributed by atoms with Crippen LogP contribution in [0.4, 0.5) is 11.4 Å². The number of rotatable bonds is 4. The summed E-state index contributed by atoms with van der Waals surface area (Å²) in [5.41, 5.74) is 7.02. The average Bonchev–Trinajstić information content (AvgIpc) is 2.77. The summed E-state index contributed by atoms with van der Waals surface area (Å²) in [5.74, 6) is -0.0429. The molecule has 1 aromatic carbocycles. The molecule has 0 saturated carbocycles. The van der Waals surface area contributed by atoms with Crippen LogP contribution in [0.1, 0.15) is 6.92 Å². The SMILES string of the molecule is CC(Sc1cnn(C)c1)C(=O)Nc1ccc(N)cc1. The smallest absolute Gasteiger partial charge is 0.237 e. The Morgan fingerprint density at radius 1 is 1.42 bits per heavy atom. The first kappa shape index (κ1) is 13.5. The van der Waals surface area contributed by atoms with Crippen molar-refractivity contribution < 1.29 is 4.79 Å². The van der Waals surface area contributed by atoms with Gasteiger partial charge in [-0.3, -0.25) is 9.48 Å². The fourth-order valence-electron chi connectivity index (χ4n) is 1.53. The molecule has 1 amide bonds. The summed E-state index contributed by atoms with van der Waals surface area (Å²) >= 11 is 1.47. The van der Waals surface area contributed by atoms with E-state index in [1.54, 1.807) is 35.1 Å². The van der Waals surface area contributed by atoms with Crippen molar-refractivity contribution in [2.75, 3.05) is 11.1 Å². The number of aryl methyl sites for hydroxylation is 1. The Hall–Kier alpha value is -1.95. The number of benzene rings is 1. The van der Waals surface area contributed by atoms with Crippen LogP contribution in [0.3, 0.4) is 0 Å². The maximum absolute atomic E-state index is 12.0. The second kappa shape index (κ2) is 5.79. The molecule has 1 unspecified atom stereocenters. The van der Waals surface area contributed by atoms with Gasteiger partial charge < -0.3 is 11.1 Å². The van der Waals surface area contributed by atoms with Crippen LogP contribution in [-0.4, -0.2) is 20.9 Å². The van der Waals surface area contributed by atoms with Gasteiger partial charge in [0.15, 0.2) is 0 Å². The van der Waals surface area contributed by atoms with Crippen molar-refractivity contribution in [3.05, 3.63) is 36.7 Å². The number of amides is 1. The number of aromatic nitrogens is 2. The Balaban J connectivity index is 1.94. The molecule has 0 aliphatic heterocycles. The molecule has 2 rings (SSSR count). The van der Waals surface area contributed by atoms with Crippen LogP contribution in [0.5, 0.6) is 0 Å². The van der Waals surface area contributed by atoms with Gasteiger partial charge in [-0.1, -0.05) is 0 Å². The van der Waals surface area contributed by atoms with Gasteiger partial charge in [0.2, 0.25) is 5.91 Å². The van der Waals surface area contributed by atoms with Crippen molar-refractivity contribution in [2.45, 2.75) is 17.1 Å². The zero-order valence-electron chi connectivity index (χ0n) is 10.8. The Morgan fingerprint density at radius 2 is 2.11 bits per heavy atom. The predicted molar refractivity (Wildman–Crippen MR) is 78.0 cm³/mol. The van der Waals surface area contributed by atoms with Gasteiger partial charge in [0.1, 0.15) is 0 Å². The normalized spacial score (nSPS) is 12.1. The summed E-state index contributed by atoms with van der Waals surface area (Å²) in [6, 6.07) is 7.09. The van der Waals surface area contributed by atoms with E-state index in [4.69, 9.17) is 5.73 Å². The molecule has 0 radical (unpaired) electrons. The van der Waals surface area contributed by atoms with Gasteiger partial charge >= 0.3 is 0 Å². The molecule has 100 valence electrons. The summed E-state index contributed by atoms with van der Waals surface area (Å²) < 4.78 is 1.72. The molecule has 1 heterocycles. The first-order valence-corrected chi connectivity index (χ1v) is 6.74. The zero-order chi connectivity index (χ0) is 13.8. The number of hydrogen-bond donors (Lipinski definition) is 2. The largest absolute Gasteiger partial charge is 0.399 e. The van der Waals surface area contributed by atoms with E-state index >= 15 is 0 Å². The van der Waals surface area contributed by atoms with Crippen LogP contribution in [0.25, 0.3) is 0 Å². The maximum atomic E-state index is 12.0. The maximum Gasteiger partial charge on any atom is 0.237 e. The Bertz CT molecular complexity index is 564. The number of nitrogens with two attached hydrogens (primary N) is 1. The molecule has 0 aliphatic rings. The van der Waals surface area contributed by atoms with E-state index in [9.17, 15) is 4.79 Å². The standard InChI is InChI=1S/C13H16N4OS/c1-9(19-12-7-15-17(2)8-12)13(18)16-11-5-3-10(14)4-6-11/h3-9H,14H2,1-2H3,(H,16,18). The molecule has 0 aliphatic carbocycles. The fourth-order valence-corrected chi connectivity index (χ4v) is 2.42. The molecule has 1 aromatic heterocycles. The molecule has 0 spiro atoms. The lowest BCUT2D eigenvalue weighted by Crippen LogP contribution is -2.22. The first-order valence-electron chi connectivity index (χ1n) is 5.86. The Morgan fingerprint density at radius 3 is 2.68 bits per heavy atom. The molecule has 2 aromatic rings. The number of hydrogen-bond acceptors (Lipinski definition) is 4. The van der Waals surface area contributed by atoms with Crippen molar-refractivity contribution in [3.63, 3.8) is 0 Å². The minimum atomic E-state index is -0.193. The van der Waals surface area contributed by atoms with Crippen molar-refractivity contribution in [1.29, 1.82) is 0 Å². The second-order valence-corrected chi connectivity index (χ2v) is 5.64. The molecule has 19 heavy (non-hydrogen) atoms. The third-order valence-electron chi connectivity index (χ3n) is 2.54. The van der Waals surface area contributed by atoms with Crippen molar-refractivity contribution in [3.8, 4) is 0 Å². The van der Waals surface area contributed by atoms with Crippen LogP contribution in [0.2, 0.25) is 0 Å². The number of thioether (sulfide) groups is 1. The van der Waals surface area contributed by atoms with Crippen LogP contribution in [-0.2, 0) is 11.8 Å². The van der Waals surface area contributed by atoms with Crippen LogP contribution in [0, 0.1) is 0 Å². The van der Waals surface area contributed by atoms with Crippen LogP contribution in [0.15, 0.2) is 41.6 Å². The molecule has 0 fully saturated rings. The van der Waals surface area contributed by atoms with Gasteiger partial charge in [-0.25, -0.2) is 0 Å². The first-order chi connectivity index (χ1) is 9.04. The van der Waals surface area contributed by atoms with E-state index in [1.807, 2.05) is 20.2 Å². The number of nitrogens with zero attached hydrogens (tertiary/aromatic N) is 2. The monoisotopic (exact) mass is 276 g/mol. The summed E-state index contributed by atoms with van der Waals surface area (Å²) in [5, 5.41) is 6.73. The third kappa shape index (κ3) is 3.75. The highest BCUT2D eigenvalue weighted by molar-refractivity contribution is 8.00. The number of anilines is 2. The number of nitrogens with one attached hydrogen (secondary N) is 1. The fraction of sp³-hybridized carbons (Fsp3) is 0.231. The summed E-state index contributed by atoms with van der Waals surface area (Å²) in [6.07, 6.45) is 3.63. The minimum absolute atomic E-state index is 0.0429. The molecule has 0 bridgehead atoms. The molecule has 6 heteroatoms. The molecule has 0 saturated heterocycles. The lowest BCUT2D eigenvalue weighted by atomic mass is 10.3. The van der Waals surface area contributed by atoms with E-state index in [-0.39, 0.29) is 11.2 Å². The van der Waals surface area contributed by atoms with Crippen LogP contribution < -0.4 is 11.1 Å². The van der Waals surface area contributed by atoms with E-state index in [0.29, 0.717) is 5.69 Å². The van der Waals surface area contributed by atoms with E-state index < -0.39 is 0 Å². The van der Waals surface area contributed by atoms with Gasteiger partial charge in [0.25, 0.3) is 0 Å². The van der Waals surface area contributed by atoms with Crippen molar-refractivity contribution in [1.82, 2.24) is 9.78 Å². The number of carbonyl (C=O) groups is 1. The topological polar surface area (TPSA) is 72.9 Å². The van der Waals surface area contributed by atoms with Gasteiger partial charge in [0.05, 0.1) is 11.4 Å². The molecule has 5 nitrogen and oxygen atoms in total. The van der Waals surface area contributed by atoms with Gasteiger partial charge in [0, 0.05) is 29.5 Å². The van der Waals surface area contributed by atoms with Gasteiger partial charge in [-0.05, 0) is 31.2 Å². The van der Waals surface area contributed by atoms with Gasteiger partial charge in [-0.15, -0.1) is 11.8 Å². The highest BCUT2D eigenvalue weighted by atomic mass is 32.2. The second-order valence-electron chi connectivity index (χ2n) is 4.22. The van der Waals surface area contributed by atoms with Crippen molar-refractivity contribution >= 4 is 29.0 Å². The van der Waals surface area contributed by atoms with E-state index in [2.05, 4.69) is 10.4 Å². The van der Waals surface area contributed by atoms with E-state index in [1.165, 1.54) is 11.8 Å². The highest BCUT2D eigenvalue weighted by Gasteiger charge is 2.15. The Kier molecular flexibility index (Phi) is 4.11. The molecular formula is C13H16N4OS. The summed E-state index contributed by atoms with van der Waals surface area (Å²) in [4.78, 5) is 13.0. The molecular weight excluding hydrogens is 260 g/mol. The summed E-state index contributed by atoms with van der Waals surface area (Å²) in [6.45, 7) is 1.87. The van der Waals surface area contributed by atoms with Gasteiger partial charge in [-0.2, -0.15) is 5.10 Å². The molecule has 1 atom stereocenters. The Labute approximate surface area is 116 Å². The number of carbonyl (C=O) groups excluding carboxylic acids is 1. The quantitative estimate of drug-likeness (QED) is 0.662. The third-order valence-corrected chi connectivity index (χ3v) is 3.59. The lowest BCUT2D eigenvalue weighted by Gasteiger charge is -2.11. The van der Waals surface area contributed by atoms with E-state index in [0.717, 1.165) is 10.6 Å². The number of nitrogen functional groups attached to an aromatic ring is 1. The molecule has 3 N–H and O–H groups in total. The van der Waals surface area contributed by atoms with Crippen molar-refractivity contribution in [2.24, 2.45) is 7.05 Å². The minimum Gasteiger partial charge on any atom is -0.399 e.